The number of phenols is 4. The van der Waals surface area contributed by atoms with Crippen LogP contribution in [0, 0.1) is 0 Å². The molecule has 2 fully saturated rings. The molecule has 2 aromatic rings. The van der Waals surface area contributed by atoms with Gasteiger partial charge in [-0.25, -0.2) is 4.79 Å². The number of hydrogen-bond acceptors (Lipinski definition) is 17. The van der Waals surface area contributed by atoms with Gasteiger partial charge in [-0.05, 0) is 48.4 Å². The van der Waals surface area contributed by atoms with Crippen molar-refractivity contribution in [2.24, 2.45) is 0 Å². The standard InChI is InChI=1S/C31H38O17/c1-13-24(40)25(41)26(42)30(44-13)48-28-27(47-23(39)8-4-15-3-6-17(34)19(36)9-15)22(11-32)46-31(29(28)45-14(2)33)43-12-21(38)16-5-7-18(35)20(37)10-16/h3-10,13,21-22,24-32,34-38,40-42H,11-12H2,1-2H3/b8-4+/t13-,21?,22+,24-,25+,26+,27+,28-,29+,30-,31+/m0/s1. The monoisotopic (exact) mass is 682 g/mol. The molecule has 48 heavy (non-hydrogen) atoms. The normalized spacial score (nSPS) is 31.3. The molecule has 0 aromatic heterocycles. The summed E-state index contributed by atoms with van der Waals surface area (Å²) in [5.74, 6) is -3.72. The molecule has 0 aliphatic carbocycles. The maximum Gasteiger partial charge on any atom is 0.331 e. The highest BCUT2D eigenvalue weighted by Gasteiger charge is 2.54. The van der Waals surface area contributed by atoms with Crippen molar-refractivity contribution in [2.45, 2.75) is 81.4 Å². The lowest BCUT2D eigenvalue weighted by molar-refractivity contribution is -0.359. The summed E-state index contributed by atoms with van der Waals surface area (Å²) in [6.45, 7) is 1.03. The highest BCUT2D eigenvalue weighted by atomic mass is 16.8. The molecule has 264 valence electrons. The third-order valence-electron chi connectivity index (χ3n) is 7.64. The largest absolute Gasteiger partial charge is 0.504 e. The van der Waals surface area contributed by atoms with Gasteiger partial charge in [0.2, 0.25) is 0 Å². The van der Waals surface area contributed by atoms with Crippen molar-refractivity contribution in [3.05, 3.63) is 53.6 Å². The summed E-state index contributed by atoms with van der Waals surface area (Å²) < 4.78 is 34.0. The molecule has 2 aromatic carbocycles. The Morgan fingerprint density at radius 2 is 1.50 bits per heavy atom. The van der Waals surface area contributed by atoms with Gasteiger partial charge in [0.05, 0.1) is 19.3 Å². The van der Waals surface area contributed by atoms with Crippen LogP contribution >= 0.6 is 0 Å². The zero-order valence-corrected chi connectivity index (χ0v) is 25.7. The molecule has 2 saturated heterocycles. The van der Waals surface area contributed by atoms with E-state index < -0.39 is 110 Å². The molecule has 4 rings (SSSR count). The molecule has 17 heteroatoms. The van der Waals surface area contributed by atoms with E-state index in [0.717, 1.165) is 25.1 Å². The zero-order valence-electron chi connectivity index (χ0n) is 25.7. The molecular formula is C31H38O17. The van der Waals surface area contributed by atoms with Crippen LogP contribution in [0.1, 0.15) is 31.1 Å². The van der Waals surface area contributed by atoms with Crippen LogP contribution in [-0.2, 0) is 38.0 Å². The second-order valence-corrected chi connectivity index (χ2v) is 11.2. The number of aliphatic hydroxyl groups is 5. The van der Waals surface area contributed by atoms with Crippen molar-refractivity contribution in [1.82, 2.24) is 0 Å². The highest BCUT2D eigenvalue weighted by Crippen LogP contribution is 2.34. The molecule has 0 radical (unpaired) electrons. The van der Waals surface area contributed by atoms with Gasteiger partial charge in [0, 0.05) is 13.0 Å². The number of carbonyl (C=O) groups is 2. The van der Waals surface area contributed by atoms with Crippen molar-refractivity contribution in [3.63, 3.8) is 0 Å². The van der Waals surface area contributed by atoms with Gasteiger partial charge in [-0.1, -0.05) is 12.1 Å². The van der Waals surface area contributed by atoms with E-state index in [2.05, 4.69) is 0 Å². The van der Waals surface area contributed by atoms with Crippen LogP contribution in [0.15, 0.2) is 42.5 Å². The quantitative estimate of drug-likeness (QED) is 0.0785. The van der Waals surface area contributed by atoms with E-state index in [-0.39, 0.29) is 11.3 Å². The minimum Gasteiger partial charge on any atom is -0.504 e. The van der Waals surface area contributed by atoms with Crippen LogP contribution in [0.5, 0.6) is 23.0 Å². The molecule has 9 N–H and O–H groups in total. The molecule has 1 unspecified atom stereocenters. The number of ether oxygens (including phenoxy) is 6. The number of aliphatic hydroxyl groups excluding tert-OH is 5. The summed E-state index contributed by atoms with van der Waals surface area (Å²) in [4.78, 5) is 25.3. The van der Waals surface area contributed by atoms with Crippen molar-refractivity contribution in [2.75, 3.05) is 13.2 Å². The first-order valence-electron chi connectivity index (χ1n) is 14.7. The van der Waals surface area contributed by atoms with E-state index in [4.69, 9.17) is 28.4 Å². The van der Waals surface area contributed by atoms with Crippen LogP contribution in [0.3, 0.4) is 0 Å². The molecule has 2 heterocycles. The van der Waals surface area contributed by atoms with Gasteiger partial charge in [0.15, 0.2) is 47.8 Å². The minimum atomic E-state index is -1.86. The Kier molecular flexibility index (Phi) is 12.2. The van der Waals surface area contributed by atoms with Gasteiger partial charge < -0.3 is 74.4 Å². The van der Waals surface area contributed by atoms with E-state index in [9.17, 15) is 55.5 Å². The fourth-order valence-electron chi connectivity index (χ4n) is 5.07. The molecule has 0 saturated carbocycles. The zero-order chi connectivity index (χ0) is 35.3. The first kappa shape index (κ1) is 36.8. The van der Waals surface area contributed by atoms with Gasteiger partial charge in [0.1, 0.15) is 36.6 Å². The number of esters is 2. The summed E-state index contributed by atoms with van der Waals surface area (Å²) in [5.41, 5.74) is 0.415. The van der Waals surface area contributed by atoms with Crippen molar-refractivity contribution in [3.8, 4) is 23.0 Å². The number of benzene rings is 2. The third kappa shape index (κ3) is 8.70. The first-order chi connectivity index (χ1) is 22.7. The summed E-state index contributed by atoms with van der Waals surface area (Å²) in [6.07, 6.45) is -15.1. The Labute approximate surface area is 273 Å². The van der Waals surface area contributed by atoms with E-state index in [1.807, 2.05) is 0 Å². The van der Waals surface area contributed by atoms with Crippen LogP contribution in [0.4, 0.5) is 0 Å². The second-order valence-electron chi connectivity index (χ2n) is 11.2. The average molecular weight is 683 g/mol. The lowest BCUT2D eigenvalue weighted by Crippen LogP contribution is -2.65. The topological polar surface area (TPSA) is 272 Å². The average Bonchev–Trinajstić information content (AvgIpc) is 3.04. The van der Waals surface area contributed by atoms with E-state index >= 15 is 0 Å². The van der Waals surface area contributed by atoms with E-state index in [1.54, 1.807) is 0 Å². The molecule has 0 bridgehead atoms. The second kappa shape index (κ2) is 15.9. The maximum absolute atomic E-state index is 13.0. The van der Waals surface area contributed by atoms with E-state index in [0.29, 0.717) is 5.56 Å². The van der Waals surface area contributed by atoms with Crippen LogP contribution < -0.4 is 0 Å². The molecular weight excluding hydrogens is 644 g/mol. The number of phenolic OH excluding ortho intramolecular Hbond substituents is 4. The Hall–Kier alpha value is -4.04. The van der Waals surface area contributed by atoms with Gasteiger partial charge in [-0.3, -0.25) is 4.79 Å². The third-order valence-corrected chi connectivity index (χ3v) is 7.64. The summed E-state index contributed by atoms with van der Waals surface area (Å²) in [5, 5.41) is 90.8. The summed E-state index contributed by atoms with van der Waals surface area (Å²) >= 11 is 0. The van der Waals surface area contributed by atoms with Crippen molar-refractivity contribution < 1.29 is 84.0 Å². The minimum absolute atomic E-state index is 0.123. The Morgan fingerprint density at radius 3 is 2.12 bits per heavy atom. The van der Waals surface area contributed by atoms with E-state index in [1.165, 1.54) is 37.3 Å². The molecule has 0 amide bonds. The lowest BCUT2D eigenvalue weighted by Gasteiger charge is -2.47. The van der Waals surface area contributed by atoms with Crippen molar-refractivity contribution >= 4 is 18.0 Å². The fraction of sp³-hybridized carbons (Fsp3) is 0.484. The molecule has 17 nitrogen and oxygen atoms in total. The Bertz CT molecular complexity index is 1450. The van der Waals surface area contributed by atoms with Gasteiger partial charge in [-0.15, -0.1) is 0 Å². The predicted molar refractivity (Wildman–Crippen MR) is 158 cm³/mol. The van der Waals surface area contributed by atoms with Crippen LogP contribution in [-0.4, -0.2) is 133 Å². The smallest absolute Gasteiger partial charge is 0.331 e. The SMILES string of the molecule is CC(=O)O[C@H]1[C@H](OCC(O)c2ccc(O)c(O)c2)O[C@H](CO)[C@@H](OC(=O)/C=C/c2ccc(O)c(O)c2)[C@@H]1O[C@@H]1O[C@@H](C)[C@H](O)[C@@H](O)[C@H]1O. The fourth-order valence-corrected chi connectivity index (χ4v) is 5.07. The van der Waals surface area contributed by atoms with Gasteiger partial charge in [0.25, 0.3) is 0 Å². The molecule has 11 atom stereocenters. The lowest BCUT2D eigenvalue weighted by atomic mass is 9.96. The molecule has 2 aliphatic heterocycles. The highest BCUT2D eigenvalue weighted by molar-refractivity contribution is 5.87. The van der Waals surface area contributed by atoms with Gasteiger partial charge in [-0.2, -0.15) is 0 Å². The van der Waals surface area contributed by atoms with Crippen LogP contribution in [0.2, 0.25) is 0 Å². The number of hydrogen-bond donors (Lipinski definition) is 9. The first-order valence-corrected chi connectivity index (χ1v) is 14.7. The molecule has 0 spiro atoms. The van der Waals surface area contributed by atoms with Crippen LogP contribution in [0.25, 0.3) is 6.08 Å². The molecule has 2 aliphatic rings. The Morgan fingerprint density at radius 1 is 0.833 bits per heavy atom. The maximum atomic E-state index is 13.0. The van der Waals surface area contributed by atoms with Crippen molar-refractivity contribution in [1.29, 1.82) is 0 Å². The Balaban J connectivity index is 1.64. The van der Waals surface area contributed by atoms with Gasteiger partial charge >= 0.3 is 11.9 Å². The number of carbonyl (C=O) groups excluding carboxylic acids is 2. The predicted octanol–water partition coefficient (Wildman–Crippen LogP) is -0.954. The summed E-state index contributed by atoms with van der Waals surface area (Å²) in [7, 11) is 0. The summed E-state index contributed by atoms with van der Waals surface area (Å²) in [6, 6.07) is 7.27. The number of rotatable bonds is 11. The number of aromatic hydroxyl groups is 4.